The fourth-order valence-corrected chi connectivity index (χ4v) is 0.556. The fourth-order valence-electron chi connectivity index (χ4n) is 0.556. The van der Waals surface area contributed by atoms with Gasteiger partial charge >= 0.3 is 0 Å². The van der Waals surface area contributed by atoms with E-state index in [1.54, 1.807) is 0 Å². The monoisotopic (exact) mass is 158 g/mol. The van der Waals surface area contributed by atoms with E-state index >= 15 is 0 Å². The lowest BCUT2D eigenvalue weighted by atomic mass is 10.1. The van der Waals surface area contributed by atoms with Gasteiger partial charge in [-0.1, -0.05) is 13.3 Å². The predicted molar refractivity (Wildman–Crippen MR) is 45.5 cm³/mol. The van der Waals surface area contributed by atoms with Gasteiger partial charge in [-0.2, -0.15) is 10.2 Å². The highest BCUT2D eigenvalue weighted by Crippen LogP contribution is 2.08. The summed E-state index contributed by atoms with van der Waals surface area (Å²) in [6.45, 7) is 7.87. The van der Waals surface area contributed by atoms with Gasteiger partial charge < -0.3 is 5.11 Å². The Balaban J connectivity index is 3.73. The Hall–Kier alpha value is -0.440. The molecule has 0 saturated carbocycles. The van der Waals surface area contributed by atoms with Crippen molar-refractivity contribution in [1.82, 2.24) is 0 Å². The van der Waals surface area contributed by atoms with Crippen LogP contribution >= 0.6 is 0 Å². The molecule has 3 nitrogen and oxygen atoms in total. The van der Waals surface area contributed by atoms with E-state index in [4.69, 9.17) is 5.11 Å². The van der Waals surface area contributed by atoms with Gasteiger partial charge in [0.05, 0.1) is 5.54 Å². The van der Waals surface area contributed by atoms with Crippen LogP contribution in [0.3, 0.4) is 0 Å². The summed E-state index contributed by atoms with van der Waals surface area (Å²) < 4.78 is 0. The van der Waals surface area contributed by atoms with Crippen molar-refractivity contribution in [2.75, 3.05) is 0 Å². The zero-order valence-electron chi connectivity index (χ0n) is 7.83. The molecule has 1 unspecified atom stereocenters. The molecule has 0 aliphatic carbocycles. The summed E-state index contributed by atoms with van der Waals surface area (Å²) in [5.74, 6) is 0. The van der Waals surface area contributed by atoms with Crippen molar-refractivity contribution in [2.24, 2.45) is 10.2 Å². The summed E-state index contributed by atoms with van der Waals surface area (Å²) in [5.41, 5.74) is -0.172. The number of hydrogen-bond donors (Lipinski definition) is 1. The van der Waals surface area contributed by atoms with Crippen molar-refractivity contribution >= 4 is 0 Å². The van der Waals surface area contributed by atoms with Crippen LogP contribution in [0.5, 0.6) is 0 Å². The number of nitrogens with zero attached hydrogens (tertiary/aromatic N) is 2. The molecule has 0 aromatic rings. The van der Waals surface area contributed by atoms with Crippen LogP contribution in [0.2, 0.25) is 0 Å². The minimum absolute atomic E-state index is 0.172. The zero-order valence-corrected chi connectivity index (χ0v) is 7.83. The lowest BCUT2D eigenvalue weighted by Gasteiger charge is -2.10. The van der Waals surface area contributed by atoms with E-state index in [-0.39, 0.29) is 5.54 Å². The lowest BCUT2D eigenvalue weighted by Crippen LogP contribution is -2.10. The molecule has 1 N–H and O–H groups in total. The Morgan fingerprint density at radius 1 is 1.36 bits per heavy atom. The van der Waals surface area contributed by atoms with E-state index in [1.807, 2.05) is 27.7 Å². The molecule has 3 heteroatoms. The third-order valence-corrected chi connectivity index (χ3v) is 1.04. The maximum atomic E-state index is 9.15. The minimum Gasteiger partial charge on any atom is -0.370 e. The number of rotatable bonds is 3. The van der Waals surface area contributed by atoms with Gasteiger partial charge in [-0.05, 0) is 27.2 Å². The first-order valence-corrected chi connectivity index (χ1v) is 4.06. The van der Waals surface area contributed by atoms with E-state index in [1.165, 1.54) is 0 Å². The van der Waals surface area contributed by atoms with Gasteiger partial charge in [0.2, 0.25) is 0 Å². The van der Waals surface area contributed by atoms with Gasteiger partial charge in [-0.3, -0.25) is 0 Å². The molecule has 0 amide bonds. The fraction of sp³-hybridized carbons (Fsp3) is 1.00. The summed E-state index contributed by atoms with van der Waals surface area (Å²) in [4.78, 5) is 0. The Kier molecular flexibility index (Phi) is 4.26. The van der Waals surface area contributed by atoms with Gasteiger partial charge in [0, 0.05) is 0 Å². The van der Waals surface area contributed by atoms with Crippen LogP contribution in [0, 0.1) is 0 Å². The largest absolute Gasteiger partial charge is 0.370 e. The maximum Gasteiger partial charge on any atom is 0.165 e. The van der Waals surface area contributed by atoms with Crippen LogP contribution in [-0.2, 0) is 0 Å². The van der Waals surface area contributed by atoms with Crippen LogP contribution < -0.4 is 0 Å². The molecule has 0 radical (unpaired) electrons. The number of azo groups is 1. The molecule has 0 spiro atoms. The third kappa shape index (κ3) is 7.46. The highest BCUT2D eigenvalue weighted by Gasteiger charge is 2.07. The maximum absolute atomic E-state index is 9.15. The van der Waals surface area contributed by atoms with E-state index < -0.39 is 6.23 Å². The van der Waals surface area contributed by atoms with Crippen LogP contribution in [0.15, 0.2) is 10.2 Å². The molecule has 1 atom stereocenters. The van der Waals surface area contributed by atoms with Crippen molar-refractivity contribution in [3.8, 4) is 0 Å². The Morgan fingerprint density at radius 2 is 1.91 bits per heavy atom. The second-order valence-corrected chi connectivity index (χ2v) is 3.66. The lowest BCUT2D eigenvalue weighted by molar-refractivity contribution is 0.160. The molecule has 0 bridgehead atoms. The van der Waals surface area contributed by atoms with Gasteiger partial charge in [0.15, 0.2) is 6.23 Å². The Bertz CT molecular complexity index is 127. The summed E-state index contributed by atoms with van der Waals surface area (Å²) in [6.07, 6.45) is 1.02. The van der Waals surface area contributed by atoms with Crippen LogP contribution in [-0.4, -0.2) is 16.9 Å². The molecule has 0 aromatic carbocycles. The summed E-state index contributed by atoms with van der Waals surface area (Å²) in [6, 6.07) is 0. The van der Waals surface area contributed by atoms with Crippen molar-refractivity contribution in [1.29, 1.82) is 0 Å². The van der Waals surface area contributed by atoms with Crippen molar-refractivity contribution in [2.45, 2.75) is 52.3 Å². The summed E-state index contributed by atoms with van der Waals surface area (Å²) in [7, 11) is 0. The molecule has 0 aromatic heterocycles. The molecule has 0 saturated heterocycles. The minimum atomic E-state index is -0.612. The summed E-state index contributed by atoms with van der Waals surface area (Å²) in [5, 5.41) is 16.9. The predicted octanol–water partition coefficient (Wildman–Crippen LogP) is 2.36. The second kappa shape index (κ2) is 4.44. The third-order valence-electron chi connectivity index (χ3n) is 1.04. The summed E-state index contributed by atoms with van der Waals surface area (Å²) >= 11 is 0. The molecule has 11 heavy (non-hydrogen) atoms. The van der Waals surface area contributed by atoms with E-state index in [9.17, 15) is 0 Å². The topological polar surface area (TPSA) is 45.0 Å². The first-order valence-electron chi connectivity index (χ1n) is 4.06. The zero-order chi connectivity index (χ0) is 8.91. The first kappa shape index (κ1) is 10.6. The second-order valence-electron chi connectivity index (χ2n) is 3.66. The van der Waals surface area contributed by atoms with Gasteiger partial charge in [-0.15, -0.1) is 0 Å². The highest BCUT2D eigenvalue weighted by atomic mass is 16.3. The van der Waals surface area contributed by atoms with Gasteiger partial charge in [-0.25, -0.2) is 0 Å². The average Bonchev–Trinajstić information content (AvgIpc) is 1.83. The average molecular weight is 158 g/mol. The molecule has 0 fully saturated rings. The molecular formula is C8H18N2O. The van der Waals surface area contributed by atoms with E-state index in [0.29, 0.717) is 6.42 Å². The molecule has 0 rings (SSSR count). The van der Waals surface area contributed by atoms with Crippen molar-refractivity contribution in [3.05, 3.63) is 0 Å². The van der Waals surface area contributed by atoms with Crippen molar-refractivity contribution < 1.29 is 5.11 Å². The molecule has 0 aliphatic heterocycles. The molecular weight excluding hydrogens is 140 g/mol. The molecule has 0 heterocycles. The molecule has 0 aliphatic rings. The van der Waals surface area contributed by atoms with Crippen LogP contribution in [0.4, 0.5) is 0 Å². The highest BCUT2D eigenvalue weighted by molar-refractivity contribution is 4.67. The SMILES string of the molecule is CCCC(O)/N=N/C(C)(C)C. The molecule has 66 valence electrons. The van der Waals surface area contributed by atoms with Gasteiger partial charge in [0.1, 0.15) is 0 Å². The number of hydrogen-bond acceptors (Lipinski definition) is 3. The van der Waals surface area contributed by atoms with Crippen molar-refractivity contribution in [3.63, 3.8) is 0 Å². The first-order chi connectivity index (χ1) is 4.95. The Labute approximate surface area is 68.5 Å². The van der Waals surface area contributed by atoms with Crippen LogP contribution in [0.1, 0.15) is 40.5 Å². The normalized spacial score (nSPS) is 15.7. The number of aliphatic hydroxyl groups is 1. The van der Waals surface area contributed by atoms with Crippen LogP contribution in [0.25, 0.3) is 0 Å². The smallest absolute Gasteiger partial charge is 0.165 e. The quantitative estimate of drug-likeness (QED) is 0.629. The standard InChI is InChI=1S/C8H18N2O/c1-5-6-7(11)9-10-8(2,3)4/h7,11H,5-6H2,1-4H3/b10-9+. The number of aliphatic hydroxyl groups excluding tert-OH is 1. The van der Waals surface area contributed by atoms with E-state index in [0.717, 1.165) is 6.42 Å². The van der Waals surface area contributed by atoms with E-state index in [2.05, 4.69) is 10.2 Å². The Morgan fingerprint density at radius 3 is 2.27 bits per heavy atom. The van der Waals surface area contributed by atoms with Gasteiger partial charge in [0.25, 0.3) is 0 Å².